The van der Waals surface area contributed by atoms with Gasteiger partial charge in [-0.25, -0.2) is 17.9 Å². The lowest BCUT2D eigenvalue weighted by atomic mass is 10.2. The minimum absolute atomic E-state index is 0.101. The largest absolute Gasteiger partial charge is 0.319 e. The highest BCUT2D eigenvalue weighted by Crippen LogP contribution is 2.31. The monoisotopic (exact) mass is 387 g/mol. The number of aryl methyl sites for hydroxylation is 1. The molecule has 0 saturated carbocycles. The summed E-state index contributed by atoms with van der Waals surface area (Å²) in [5, 5.41) is 7.64. The van der Waals surface area contributed by atoms with Crippen LogP contribution < -0.4 is 5.32 Å². The maximum Gasteiger partial charge on any atom is 0.265 e. The number of benzene rings is 2. The van der Waals surface area contributed by atoms with Crippen molar-refractivity contribution in [3.05, 3.63) is 76.6 Å². The second kappa shape index (κ2) is 6.55. The number of amides is 1. The lowest BCUT2D eigenvalue weighted by Gasteiger charge is -2.05. The molecule has 1 amide bonds. The first-order valence-electron chi connectivity index (χ1n) is 7.94. The van der Waals surface area contributed by atoms with Crippen LogP contribution >= 0.6 is 11.3 Å². The Hall–Kier alpha value is -3.13. The van der Waals surface area contributed by atoms with Crippen LogP contribution in [0.5, 0.6) is 0 Å². The van der Waals surface area contributed by atoms with E-state index in [9.17, 15) is 18.0 Å². The number of rotatable bonds is 3. The van der Waals surface area contributed by atoms with Crippen molar-refractivity contribution in [2.75, 3.05) is 5.32 Å². The predicted molar refractivity (Wildman–Crippen MR) is 98.0 cm³/mol. The number of nitrogens with zero attached hydrogens (tertiary/aromatic N) is 2. The van der Waals surface area contributed by atoms with Gasteiger partial charge in [0.15, 0.2) is 0 Å². The first kappa shape index (κ1) is 17.3. The zero-order chi connectivity index (χ0) is 19.1. The van der Waals surface area contributed by atoms with Gasteiger partial charge in [0, 0.05) is 11.5 Å². The van der Waals surface area contributed by atoms with Crippen LogP contribution in [-0.2, 0) is 0 Å². The molecular weight excluding hydrogens is 375 g/mol. The Kier molecular flexibility index (Phi) is 4.19. The summed E-state index contributed by atoms with van der Waals surface area (Å²) in [6.07, 6.45) is 0. The highest BCUT2D eigenvalue weighted by atomic mass is 32.1. The molecule has 0 unspecified atom stereocenters. The molecule has 0 aliphatic heterocycles. The average Bonchev–Trinajstić information content (AvgIpc) is 3.19. The van der Waals surface area contributed by atoms with Crippen LogP contribution in [0.2, 0.25) is 0 Å². The highest BCUT2D eigenvalue weighted by Gasteiger charge is 2.18. The minimum atomic E-state index is -0.849. The van der Waals surface area contributed by atoms with Gasteiger partial charge >= 0.3 is 0 Å². The van der Waals surface area contributed by atoms with Crippen molar-refractivity contribution in [1.82, 2.24) is 9.78 Å². The van der Waals surface area contributed by atoms with E-state index < -0.39 is 17.5 Å². The van der Waals surface area contributed by atoms with Crippen LogP contribution in [0.1, 0.15) is 15.4 Å². The fraction of sp³-hybridized carbons (Fsp3) is 0.0526. The van der Waals surface area contributed by atoms with Crippen LogP contribution in [0.4, 0.5) is 18.9 Å². The Morgan fingerprint density at radius 1 is 1.04 bits per heavy atom. The molecule has 2 aromatic heterocycles. The molecule has 0 atom stereocenters. The summed E-state index contributed by atoms with van der Waals surface area (Å²) in [6, 6.07) is 10.5. The Labute approximate surface area is 155 Å². The summed E-state index contributed by atoms with van der Waals surface area (Å²) in [5.74, 6) is -2.43. The second-order valence-corrected chi connectivity index (χ2v) is 6.91. The molecule has 0 aliphatic rings. The molecule has 0 fully saturated rings. The predicted octanol–water partition coefficient (Wildman–Crippen LogP) is 5.07. The number of carbonyl (C=O) groups is 1. The summed E-state index contributed by atoms with van der Waals surface area (Å²) >= 11 is 1.18. The molecule has 4 nitrogen and oxygen atoms in total. The summed E-state index contributed by atoms with van der Waals surface area (Å²) in [4.78, 5) is 13.5. The molecule has 0 saturated heterocycles. The number of halogens is 3. The zero-order valence-electron chi connectivity index (χ0n) is 14.0. The van der Waals surface area contributed by atoms with E-state index >= 15 is 0 Å². The maximum absolute atomic E-state index is 13.8. The number of carbonyl (C=O) groups excluding carboxylic acids is 1. The SMILES string of the molecule is Cc1nn(-c2ccc(F)cc2)c2sc(C(=O)Nc3ccc(F)cc3F)cc12. The number of anilines is 1. The van der Waals surface area contributed by atoms with E-state index in [-0.39, 0.29) is 11.5 Å². The number of nitrogens with one attached hydrogen (secondary N) is 1. The molecule has 2 heterocycles. The Morgan fingerprint density at radius 2 is 1.74 bits per heavy atom. The van der Waals surface area contributed by atoms with Gasteiger partial charge in [-0.2, -0.15) is 5.10 Å². The average molecular weight is 387 g/mol. The first-order chi connectivity index (χ1) is 12.9. The van der Waals surface area contributed by atoms with Crippen molar-refractivity contribution in [3.63, 3.8) is 0 Å². The number of fused-ring (bicyclic) bond motifs is 1. The number of hydrogen-bond donors (Lipinski definition) is 1. The van der Waals surface area contributed by atoms with Crippen LogP contribution in [0.3, 0.4) is 0 Å². The first-order valence-corrected chi connectivity index (χ1v) is 8.75. The van der Waals surface area contributed by atoms with Crippen molar-refractivity contribution in [2.24, 2.45) is 0 Å². The fourth-order valence-corrected chi connectivity index (χ4v) is 3.77. The van der Waals surface area contributed by atoms with E-state index in [0.717, 1.165) is 11.5 Å². The lowest BCUT2D eigenvalue weighted by Crippen LogP contribution is -2.11. The van der Waals surface area contributed by atoms with Crippen molar-refractivity contribution < 1.29 is 18.0 Å². The molecule has 4 aromatic rings. The van der Waals surface area contributed by atoms with Gasteiger partial charge in [0.1, 0.15) is 22.3 Å². The third-order valence-corrected chi connectivity index (χ3v) is 5.13. The van der Waals surface area contributed by atoms with E-state index in [0.29, 0.717) is 27.2 Å². The van der Waals surface area contributed by atoms with E-state index in [1.165, 1.54) is 29.5 Å². The van der Waals surface area contributed by atoms with Crippen LogP contribution in [0.25, 0.3) is 15.9 Å². The molecule has 0 aliphatic carbocycles. The second-order valence-electron chi connectivity index (χ2n) is 5.88. The normalized spacial score (nSPS) is 11.1. The molecule has 0 bridgehead atoms. The summed E-state index contributed by atoms with van der Waals surface area (Å²) in [5.41, 5.74) is 1.27. The lowest BCUT2D eigenvalue weighted by molar-refractivity contribution is 0.103. The van der Waals surface area contributed by atoms with Gasteiger partial charge in [-0.1, -0.05) is 0 Å². The third-order valence-electron chi connectivity index (χ3n) is 4.02. The smallest absolute Gasteiger partial charge is 0.265 e. The van der Waals surface area contributed by atoms with Crippen LogP contribution in [0, 0.1) is 24.4 Å². The molecule has 27 heavy (non-hydrogen) atoms. The Morgan fingerprint density at radius 3 is 2.44 bits per heavy atom. The van der Waals surface area contributed by atoms with Crippen molar-refractivity contribution in [2.45, 2.75) is 6.92 Å². The van der Waals surface area contributed by atoms with Crippen LogP contribution in [-0.4, -0.2) is 15.7 Å². The van der Waals surface area contributed by atoms with E-state index in [1.807, 2.05) is 0 Å². The van der Waals surface area contributed by atoms with Gasteiger partial charge in [-0.3, -0.25) is 4.79 Å². The van der Waals surface area contributed by atoms with Crippen molar-refractivity contribution >= 4 is 33.1 Å². The standard InChI is InChI=1S/C19H12F3N3OS/c1-10-14-9-17(18(26)23-16-7-4-12(21)8-15(16)22)27-19(14)25(24-10)13-5-2-11(20)3-6-13/h2-9H,1H3,(H,23,26). The molecule has 0 spiro atoms. The van der Waals surface area contributed by atoms with Gasteiger partial charge in [-0.15, -0.1) is 11.3 Å². The minimum Gasteiger partial charge on any atom is -0.319 e. The number of thiophene rings is 1. The molecule has 136 valence electrons. The zero-order valence-corrected chi connectivity index (χ0v) is 14.8. The summed E-state index contributed by atoms with van der Waals surface area (Å²) in [6.45, 7) is 1.80. The van der Waals surface area contributed by atoms with E-state index in [1.54, 1.807) is 29.8 Å². The van der Waals surface area contributed by atoms with E-state index in [2.05, 4.69) is 10.4 Å². The molecule has 1 N–H and O–H groups in total. The highest BCUT2D eigenvalue weighted by molar-refractivity contribution is 7.20. The molecule has 0 radical (unpaired) electrons. The van der Waals surface area contributed by atoms with E-state index in [4.69, 9.17) is 0 Å². The summed E-state index contributed by atoms with van der Waals surface area (Å²) < 4.78 is 41.5. The van der Waals surface area contributed by atoms with Gasteiger partial charge in [0.05, 0.1) is 21.9 Å². The number of aromatic nitrogens is 2. The van der Waals surface area contributed by atoms with Gasteiger partial charge in [0.25, 0.3) is 5.91 Å². The van der Waals surface area contributed by atoms with Gasteiger partial charge < -0.3 is 5.32 Å². The number of hydrogen-bond acceptors (Lipinski definition) is 3. The topological polar surface area (TPSA) is 46.9 Å². The fourth-order valence-electron chi connectivity index (χ4n) is 2.69. The van der Waals surface area contributed by atoms with Gasteiger partial charge in [-0.05, 0) is 49.4 Å². The maximum atomic E-state index is 13.8. The van der Waals surface area contributed by atoms with Crippen LogP contribution in [0.15, 0.2) is 48.5 Å². The quantitative estimate of drug-likeness (QED) is 0.534. The molecule has 8 heteroatoms. The molecule has 2 aromatic carbocycles. The molecule has 4 rings (SSSR count). The Balaban J connectivity index is 1.70. The molecular formula is C19H12F3N3OS. The summed E-state index contributed by atoms with van der Waals surface area (Å²) in [7, 11) is 0. The van der Waals surface area contributed by atoms with Crippen molar-refractivity contribution in [1.29, 1.82) is 0 Å². The van der Waals surface area contributed by atoms with Crippen molar-refractivity contribution in [3.8, 4) is 5.69 Å². The third kappa shape index (κ3) is 3.19. The Bertz CT molecular complexity index is 1170. The van der Waals surface area contributed by atoms with Gasteiger partial charge in [0.2, 0.25) is 0 Å².